The molecule has 0 bridgehead atoms. The number of fused-ring (bicyclic) bond motifs is 3. The first kappa shape index (κ1) is 66.2. The molecular formula is C86H73N6O10P. The number of rotatable bonds is 16. The summed E-state index contributed by atoms with van der Waals surface area (Å²) < 4.78 is 2.87. The molecule has 512 valence electrons. The first-order valence-electron chi connectivity index (χ1n) is 35.9. The van der Waals surface area contributed by atoms with Gasteiger partial charge >= 0.3 is 0 Å². The standard InChI is InChI=1S/C34H29N3O6.C34H29N3O4.C18H15P/c1-5-16(6-2)35-31(38)21-12-9-18-19-10-13-23-28-24(34(41)36(33(23)40)17(7-3)8-4)15-25(37(42)43)29(30(19)28)20-11-14-22(32(35)39)27(21)26(18)20;1-5-15(6-2)36-31(38)19-11-9-17-18-10-12-20-26-22(34(41)37(32(20)39)16(7-3)8-4)14-24-30(28(18)26)29-23(35-24)13-21(33(36)40)25(19)27(17)29;1-4-10-16(11-5-1)19(17-12-6-2-7-13-17)18-14-8-3-9-15-18/h9-17H,5-8H2,1-4H3;9-16,35H,5-8H2,1-4H3;1-15H. The van der Waals surface area contributed by atoms with Crippen molar-refractivity contribution in [1.29, 1.82) is 0 Å². The Morgan fingerprint density at radius 3 is 0.990 bits per heavy atom. The van der Waals surface area contributed by atoms with E-state index < -0.39 is 24.7 Å². The van der Waals surface area contributed by atoms with Gasteiger partial charge < -0.3 is 4.98 Å². The highest BCUT2D eigenvalue weighted by Gasteiger charge is 2.42. The fourth-order valence-electron chi connectivity index (χ4n) is 17.5. The number of nitro groups is 1. The first-order chi connectivity index (χ1) is 50.0. The van der Waals surface area contributed by atoms with Gasteiger partial charge in [0.2, 0.25) is 0 Å². The van der Waals surface area contributed by atoms with Crippen LogP contribution in [0.25, 0.3) is 119 Å². The number of aromatic amines is 1. The molecule has 2 aliphatic rings. The molecule has 0 aliphatic carbocycles. The summed E-state index contributed by atoms with van der Waals surface area (Å²) in [5, 5.41) is 29.9. The van der Waals surface area contributed by atoms with Gasteiger partial charge in [0.15, 0.2) is 0 Å². The summed E-state index contributed by atoms with van der Waals surface area (Å²) in [6.45, 7) is 15.7. The summed E-state index contributed by atoms with van der Waals surface area (Å²) in [6, 6.07) is 54.4. The maximum absolute atomic E-state index is 13.9. The molecule has 16 nitrogen and oxygen atoms in total. The number of aromatic nitrogens is 3. The molecule has 13 aromatic carbocycles. The topological polar surface area (TPSA) is 212 Å². The van der Waals surface area contributed by atoms with Gasteiger partial charge in [-0.1, -0.05) is 177 Å². The van der Waals surface area contributed by atoms with Crippen LogP contribution in [0.1, 0.15) is 160 Å². The molecule has 18 rings (SSSR count). The van der Waals surface area contributed by atoms with Gasteiger partial charge in [-0.3, -0.25) is 67.4 Å². The third-order valence-corrected chi connectivity index (χ3v) is 24.9. The zero-order valence-corrected chi connectivity index (χ0v) is 59.3. The van der Waals surface area contributed by atoms with Crippen molar-refractivity contribution in [1.82, 2.24) is 23.9 Å². The molecule has 2 aliphatic heterocycles. The number of carbonyl (C=O) groups excluding carboxylic acids is 4. The lowest BCUT2D eigenvalue weighted by Crippen LogP contribution is -2.46. The lowest BCUT2D eigenvalue weighted by atomic mass is 9.81. The second kappa shape index (κ2) is 25.3. The van der Waals surface area contributed by atoms with E-state index in [0.717, 1.165) is 43.4 Å². The van der Waals surface area contributed by atoms with E-state index >= 15 is 0 Å². The molecule has 0 fully saturated rings. The number of carbonyl (C=O) groups is 4. The second-order valence-corrected chi connectivity index (χ2v) is 29.6. The number of pyridine rings is 2. The summed E-state index contributed by atoms with van der Waals surface area (Å²) in [5.74, 6) is -1.70. The molecular weight excluding hydrogens is 1310 g/mol. The molecule has 17 heteroatoms. The highest BCUT2D eigenvalue weighted by molar-refractivity contribution is 7.79. The van der Waals surface area contributed by atoms with Crippen LogP contribution in [0.5, 0.6) is 0 Å². The third-order valence-electron chi connectivity index (χ3n) is 22.4. The monoisotopic (exact) mass is 1380 g/mol. The van der Waals surface area contributed by atoms with E-state index in [2.05, 4.69) is 96.0 Å². The molecule has 16 aromatic rings. The molecule has 0 unspecified atom stereocenters. The van der Waals surface area contributed by atoms with Crippen molar-refractivity contribution in [3.8, 4) is 0 Å². The van der Waals surface area contributed by atoms with Gasteiger partial charge in [-0.25, -0.2) is 0 Å². The normalized spacial score (nSPS) is 13.5. The highest BCUT2D eigenvalue weighted by Crippen LogP contribution is 2.52. The van der Waals surface area contributed by atoms with Crippen LogP contribution in [0.4, 0.5) is 5.69 Å². The number of nitrogens with zero attached hydrogens (tertiary/aromatic N) is 5. The first-order valence-corrected chi connectivity index (χ1v) is 37.2. The zero-order chi connectivity index (χ0) is 71.9. The Hall–Kier alpha value is -11.4. The van der Waals surface area contributed by atoms with E-state index in [1.54, 1.807) is 30.3 Å². The Balaban J connectivity index is 0.000000128. The molecule has 0 spiro atoms. The number of amides is 4. The molecule has 0 saturated carbocycles. The van der Waals surface area contributed by atoms with E-state index in [0.29, 0.717) is 138 Å². The lowest BCUT2D eigenvalue weighted by molar-refractivity contribution is -0.383. The quantitative estimate of drug-likeness (QED) is 0.0241. The number of hydrogen-bond acceptors (Lipinski definition) is 10. The largest absolute Gasteiger partial charge is 0.354 e. The van der Waals surface area contributed by atoms with E-state index in [-0.39, 0.29) is 74.9 Å². The van der Waals surface area contributed by atoms with Crippen LogP contribution in [-0.2, 0) is 0 Å². The minimum atomic E-state index is -0.535. The van der Waals surface area contributed by atoms with Gasteiger partial charge in [0.25, 0.3) is 51.6 Å². The molecule has 5 heterocycles. The van der Waals surface area contributed by atoms with Crippen LogP contribution in [-0.4, -0.2) is 64.6 Å². The molecule has 1 N–H and O–H groups in total. The number of H-pyrrole nitrogens is 1. The van der Waals surface area contributed by atoms with Crippen molar-refractivity contribution >= 4 is 172 Å². The lowest BCUT2D eigenvalue weighted by Gasteiger charge is -2.34. The van der Waals surface area contributed by atoms with E-state index in [9.17, 15) is 48.5 Å². The van der Waals surface area contributed by atoms with Crippen molar-refractivity contribution in [3.05, 3.63) is 244 Å². The smallest absolute Gasteiger partial charge is 0.278 e. The van der Waals surface area contributed by atoms with Gasteiger partial charge in [-0.2, -0.15) is 0 Å². The van der Waals surface area contributed by atoms with Gasteiger partial charge in [-0.15, -0.1) is 0 Å². The van der Waals surface area contributed by atoms with Crippen molar-refractivity contribution in [3.63, 3.8) is 0 Å². The van der Waals surface area contributed by atoms with Crippen molar-refractivity contribution in [2.75, 3.05) is 0 Å². The Morgan fingerprint density at radius 1 is 0.320 bits per heavy atom. The van der Waals surface area contributed by atoms with E-state index in [1.807, 2.05) is 97.9 Å². The molecule has 4 amide bonds. The fourth-order valence-corrected chi connectivity index (χ4v) is 19.8. The fraction of sp³-hybridized carbons (Fsp3) is 0.233. The number of benzene rings is 13. The van der Waals surface area contributed by atoms with Crippen LogP contribution in [0, 0.1) is 10.1 Å². The third kappa shape index (κ3) is 9.51. The molecule has 103 heavy (non-hydrogen) atoms. The zero-order valence-electron chi connectivity index (χ0n) is 58.4. The van der Waals surface area contributed by atoms with Crippen molar-refractivity contribution < 1.29 is 24.1 Å². The van der Waals surface area contributed by atoms with Crippen LogP contribution in [0.3, 0.4) is 0 Å². The summed E-state index contributed by atoms with van der Waals surface area (Å²) in [6.07, 6.45) is 5.15. The number of hydrogen-bond donors (Lipinski definition) is 1. The maximum atomic E-state index is 13.9. The number of nitro benzene ring substituents is 1. The average Bonchev–Trinajstić information content (AvgIpc) is 1.66. The predicted molar refractivity (Wildman–Crippen MR) is 418 cm³/mol. The summed E-state index contributed by atoms with van der Waals surface area (Å²) in [5.41, 5.74) is 1.52. The van der Waals surface area contributed by atoms with Gasteiger partial charge in [0.05, 0.1) is 26.6 Å². The van der Waals surface area contributed by atoms with Gasteiger partial charge in [0.1, 0.15) is 0 Å². The molecule has 0 radical (unpaired) electrons. The number of non-ortho nitro benzene ring substituents is 1. The van der Waals surface area contributed by atoms with Crippen LogP contribution < -0.4 is 38.2 Å². The Bertz CT molecular complexity index is 6140. The molecule has 0 saturated heterocycles. The Labute approximate surface area is 591 Å². The summed E-state index contributed by atoms with van der Waals surface area (Å²) in [7, 11) is -0.446. The predicted octanol–water partition coefficient (Wildman–Crippen LogP) is 17.3. The maximum Gasteiger partial charge on any atom is 0.278 e. The van der Waals surface area contributed by atoms with E-state index in [4.69, 9.17) is 0 Å². The van der Waals surface area contributed by atoms with Crippen LogP contribution in [0.2, 0.25) is 0 Å². The molecule has 0 atom stereocenters. The van der Waals surface area contributed by atoms with Gasteiger partial charge in [0, 0.05) is 117 Å². The Kier molecular flexibility index (Phi) is 16.3. The van der Waals surface area contributed by atoms with Gasteiger partial charge in [-0.05, 0) is 150 Å². The van der Waals surface area contributed by atoms with Crippen molar-refractivity contribution in [2.45, 2.75) is 131 Å². The average molecular weight is 1380 g/mol. The van der Waals surface area contributed by atoms with E-state index in [1.165, 1.54) is 40.9 Å². The Morgan fingerprint density at radius 2 is 0.621 bits per heavy atom. The van der Waals surface area contributed by atoms with Crippen molar-refractivity contribution in [2.24, 2.45) is 0 Å². The summed E-state index contributed by atoms with van der Waals surface area (Å²) in [4.78, 5) is 129. The van der Waals surface area contributed by atoms with Crippen LogP contribution >= 0.6 is 7.92 Å². The minimum absolute atomic E-state index is 0.133. The highest BCUT2D eigenvalue weighted by atomic mass is 31.1. The summed E-state index contributed by atoms with van der Waals surface area (Å²) >= 11 is 0. The number of nitrogens with one attached hydrogen (secondary N) is 1. The molecule has 3 aromatic heterocycles. The number of imide groups is 2. The minimum Gasteiger partial charge on any atom is -0.354 e. The van der Waals surface area contributed by atoms with Crippen LogP contribution in [0.15, 0.2) is 189 Å². The second-order valence-electron chi connectivity index (χ2n) is 27.3. The SMILES string of the molecule is CCC(CC)N1C(=O)c2ccc3c4ccc5c6c(cc([N+](=O)[O-])c(c7ccc(c2c37)C1=O)c64)C(=O)N(C(CC)CC)C5=O.CCC(CC)n1c(=O)c2ccc3c4ccc5c(=O)n(C(CC)CC)c(=O)c6cc7[nH]c8cc(c1=O)c2c3c8c7c4c56.c1ccc(P(c2ccccc2)c2ccccc2)cc1.